The Labute approximate surface area is 106 Å². The maximum Gasteiger partial charge on any atom is 0.127 e. The van der Waals surface area contributed by atoms with Crippen molar-refractivity contribution in [1.82, 2.24) is 0 Å². The molecule has 0 saturated carbocycles. The summed E-state index contributed by atoms with van der Waals surface area (Å²) >= 11 is 6.12. The number of aliphatic hydroxyl groups excluding tert-OH is 1. The Morgan fingerprint density at radius 1 is 1.06 bits per heavy atom. The third kappa shape index (κ3) is 2.54. The summed E-state index contributed by atoms with van der Waals surface area (Å²) in [6, 6.07) is 11.5. The fourth-order valence-corrected chi connectivity index (χ4v) is 1.86. The molecule has 17 heavy (non-hydrogen) atoms. The normalized spacial score (nSPS) is 14.6. The lowest BCUT2D eigenvalue weighted by Gasteiger charge is -2.18. The van der Waals surface area contributed by atoms with Crippen molar-refractivity contribution in [2.45, 2.75) is 26.1 Å². The van der Waals surface area contributed by atoms with Gasteiger partial charge >= 0.3 is 0 Å². The van der Waals surface area contributed by atoms with E-state index in [-0.39, 0.29) is 6.10 Å². The van der Waals surface area contributed by atoms with Crippen molar-refractivity contribution in [2.75, 3.05) is 0 Å². The fourth-order valence-electron chi connectivity index (χ4n) is 1.64. The van der Waals surface area contributed by atoms with Crippen LogP contribution < -0.4 is 4.74 Å². The molecule has 2 aromatic rings. The number of benzene rings is 2. The van der Waals surface area contributed by atoms with Crippen LogP contribution in [0.1, 0.15) is 13.8 Å². The van der Waals surface area contributed by atoms with Gasteiger partial charge in [0.25, 0.3) is 0 Å². The SMILES string of the molecule is CC(O)C(C)Oc1ccc(Cl)c2ccccc12. The predicted octanol–water partition coefficient (Wildman–Crippen LogP) is 3.64. The number of aliphatic hydroxyl groups is 1. The molecular weight excluding hydrogens is 236 g/mol. The minimum Gasteiger partial charge on any atom is -0.487 e. The zero-order valence-corrected chi connectivity index (χ0v) is 10.6. The van der Waals surface area contributed by atoms with Crippen molar-refractivity contribution >= 4 is 22.4 Å². The monoisotopic (exact) mass is 250 g/mol. The molecule has 0 aliphatic rings. The molecule has 2 aromatic carbocycles. The Bertz CT molecular complexity index is 523. The quantitative estimate of drug-likeness (QED) is 0.901. The first kappa shape index (κ1) is 12.2. The number of fused-ring (bicyclic) bond motifs is 1. The van der Waals surface area contributed by atoms with E-state index in [2.05, 4.69) is 0 Å². The van der Waals surface area contributed by atoms with Gasteiger partial charge in [-0.25, -0.2) is 0 Å². The fraction of sp³-hybridized carbons (Fsp3) is 0.286. The van der Waals surface area contributed by atoms with E-state index in [0.717, 1.165) is 16.5 Å². The average molecular weight is 251 g/mol. The molecule has 0 aromatic heterocycles. The van der Waals surface area contributed by atoms with Crippen LogP contribution in [-0.2, 0) is 0 Å². The molecule has 0 fully saturated rings. The topological polar surface area (TPSA) is 29.5 Å². The van der Waals surface area contributed by atoms with E-state index in [1.54, 1.807) is 6.92 Å². The minimum absolute atomic E-state index is 0.250. The van der Waals surface area contributed by atoms with Gasteiger partial charge in [0.1, 0.15) is 11.9 Å². The highest BCUT2D eigenvalue weighted by molar-refractivity contribution is 6.35. The van der Waals surface area contributed by atoms with Crippen LogP contribution in [0.25, 0.3) is 10.8 Å². The molecule has 0 saturated heterocycles. The molecule has 2 nitrogen and oxygen atoms in total. The van der Waals surface area contributed by atoms with Crippen LogP contribution in [0, 0.1) is 0 Å². The zero-order valence-electron chi connectivity index (χ0n) is 9.85. The Hall–Kier alpha value is -1.25. The van der Waals surface area contributed by atoms with Gasteiger partial charge in [-0.05, 0) is 26.0 Å². The summed E-state index contributed by atoms with van der Waals surface area (Å²) in [5, 5.41) is 12.1. The smallest absolute Gasteiger partial charge is 0.127 e. The van der Waals surface area contributed by atoms with Gasteiger partial charge in [-0.2, -0.15) is 0 Å². The van der Waals surface area contributed by atoms with Crippen LogP contribution in [0.5, 0.6) is 5.75 Å². The van der Waals surface area contributed by atoms with Crippen molar-refractivity contribution < 1.29 is 9.84 Å². The summed E-state index contributed by atoms with van der Waals surface area (Å²) in [5.41, 5.74) is 0. The van der Waals surface area contributed by atoms with E-state index in [1.807, 2.05) is 43.3 Å². The zero-order chi connectivity index (χ0) is 12.4. The van der Waals surface area contributed by atoms with Gasteiger partial charge in [-0.3, -0.25) is 0 Å². The first-order chi connectivity index (χ1) is 8.09. The second-order valence-electron chi connectivity index (χ2n) is 4.15. The van der Waals surface area contributed by atoms with Crippen molar-refractivity contribution in [3.63, 3.8) is 0 Å². The van der Waals surface area contributed by atoms with Gasteiger partial charge in [0.2, 0.25) is 0 Å². The van der Waals surface area contributed by atoms with Crippen LogP contribution in [-0.4, -0.2) is 17.3 Å². The molecule has 2 rings (SSSR count). The van der Waals surface area contributed by atoms with Gasteiger partial charge in [0, 0.05) is 15.8 Å². The average Bonchev–Trinajstić information content (AvgIpc) is 2.33. The van der Waals surface area contributed by atoms with Crippen molar-refractivity contribution in [3.05, 3.63) is 41.4 Å². The number of halogens is 1. The summed E-state index contributed by atoms with van der Waals surface area (Å²) < 4.78 is 5.74. The van der Waals surface area contributed by atoms with Crippen LogP contribution in [0.2, 0.25) is 5.02 Å². The summed E-state index contributed by atoms with van der Waals surface area (Å²) in [7, 11) is 0. The lowest BCUT2D eigenvalue weighted by atomic mass is 10.1. The van der Waals surface area contributed by atoms with Gasteiger partial charge in [-0.1, -0.05) is 35.9 Å². The van der Waals surface area contributed by atoms with Crippen LogP contribution in [0.4, 0.5) is 0 Å². The van der Waals surface area contributed by atoms with Crippen LogP contribution in [0.15, 0.2) is 36.4 Å². The Kier molecular flexibility index (Phi) is 3.55. The van der Waals surface area contributed by atoms with E-state index in [4.69, 9.17) is 16.3 Å². The molecule has 0 aliphatic carbocycles. The van der Waals surface area contributed by atoms with E-state index in [1.165, 1.54) is 0 Å². The number of hydrogen-bond donors (Lipinski definition) is 1. The molecule has 0 heterocycles. The highest BCUT2D eigenvalue weighted by Crippen LogP contribution is 2.31. The first-order valence-electron chi connectivity index (χ1n) is 5.61. The highest BCUT2D eigenvalue weighted by Gasteiger charge is 2.12. The molecule has 0 spiro atoms. The van der Waals surface area contributed by atoms with Crippen molar-refractivity contribution in [2.24, 2.45) is 0 Å². The van der Waals surface area contributed by atoms with Gasteiger partial charge in [0.15, 0.2) is 0 Å². The largest absolute Gasteiger partial charge is 0.487 e. The summed E-state index contributed by atoms with van der Waals surface area (Å²) in [6.07, 6.45) is -0.760. The summed E-state index contributed by atoms with van der Waals surface area (Å²) in [4.78, 5) is 0. The third-order valence-electron chi connectivity index (χ3n) is 2.82. The molecule has 3 heteroatoms. The van der Waals surface area contributed by atoms with Crippen LogP contribution >= 0.6 is 11.6 Å². The van der Waals surface area contributed by atoms with E-state index >= 15 is 0 Å². The minimum atomic E-state index is -0.510. The van der Waals surface area contributed by atoms with Gasteiger partial charge in [-0.15, -0.1) is 0 Å². The maximum absolute atomic E-state index is 9.46. The highest BCUT2D eigenvalue weighted by atomic mass is 35.5. The van der Waals surface area contributed by atoms with E-state index in [0.29, 0.717) is 5.02 Å². The Morgan fingerprint density at radius 3 is 2.35 bits per heavy atom. The predicted molar refractivity (Wildman–Crippen MR) is 70.7 cm³/mol. The Balaban J connectivity index is 2.45. The second kappa shape index (κ2) is 4.94. The molecule has 0 aliphatic heterocycles. The molecule has 0 bridgehead atoms. The number of ether oxygens (including phenoxy) is 1. The second-order valence-corrected chi connectivity index (χ2v) is 4.56. The summed E-state index contributed by atoms with van der Waals surface area (Å²) in [5.74, 6) is 0.749. The van der Waals surface area contributed by atoms with Crippen LogP contribution in [0.3, 0.4) is 0 Å². The molecule has 0 amide bonds. The molecule has 0 radical (unpaired) electrons. The van der Waals surface area contributed by atoms with E-state index < -0.39 is 6.10 Å². The maximum atomic E-state index is 9.46. The van der Waals surface area contributed by atoms with E-state index in [9.17, 15) is 5.11 Å². The summed E-state index contributed by atoms with van der Waals surface area (Å²) in [6.45, 7) is 3.55. The molecule has 1 N–H and O–H groups in total. The van der Waals surface area contributed by atoms with Gasteiger partial charge in [0.05, 0.1) is 6.10 Å². The number of hydrogen-bond acceptors (Lipinski definition) is 2. The van der Waals surface area contributed by atoms with Crippen molar-refractivity contribution in [1.29, 1.82) is 0 Å². The number of rotatable bonds is 3. The third-order valence-corrected chi connectivity index (χ3v) is 3.15. The van der Waals surface area contributed by atoms with Gasteiger partial charge < -0.3 is 9.84 Å². The molecule has 90 valence electrons. The Morgan fingerprint density at radius 2 is 1.71 bits per heavy atom. The van der Waals surface area contributed by atoms with Crippen molar-refractivity contribution in [3.8, 4) is 5.75 Å². The lowest BCUT2D eigenvalue weighted by molar-refractivity contribution is 0.0614. The standard InChI is InChI=1S/C14H15ClO2/c1-9(16)10(2)17-14-8-7-13(15)11-5-3-4-6-12(11)14/h3-10,16H,1-2H3. The molecule has 2 atom stereocenters. The molecular formula is C14H15ClO2. The molecule has 2 unspecified atom stereocenters. The lowest BCUT2D eigenvalue weighted by Crippen LogP contribution is -2.25. The first-order valence-corrected chi connectivity index (χ1v) is 5.99.